The van der Waals surface area contributed by atoms with E-state index in [0.717, 1.165) is 23.9 Å². The summed E-state index contributed by atoms with van der Waals surface area (Å²) in [6.45, 7) is 6.37. The molecule has 0 spiro atoms. The van der Waals surface area contributed by atoms with E-state index in [2.05, 4.69) is 17.1 Å². The molecule has 3 rings (SSSR count). The fraction of sp³-hybridized carbons (Fsp3) is 1.00. The number of likely N-dealkylation sites (tertiary alicyclic amines) is 1. The smallest absolute Gasteiger partial charge is 0.0195 e. The summed E-state index contributed by atoms with van der Waals surface area (Å²) in [5, 5.41) is 3.87. The Morgan fingerprint density at radius 2 is 1.84 bits per heavy atom. The van der Waals surface area contributed by atoms with Crippen molar-refractivity contribution in [2.24, 2.45) is 11.8 Å². The van der Waals surface area contributed by atoms with E-state index >= 15 is 0 Å². The third kappa shape index (κ3) is 3.33. The molecule has 1 saturated heterocycles. The van der Waals surface area contributed by atoms with Gasteiger partial charge < -0.3 is 5.32 Å². The molecule has 0 aromatic rings. The molecule has 0 aromatic heterocycles. The van der Waals surface area contributed by atoms with Crippen LogP contribution in [-0.2, 0) is 0 Å². The maximum atomic E-state index is 3.87. The Bertz CT molecular complexity index is 270. The molecule has 0 bridgehead atoms. The number of hydrogen-bond donors (Lipinski definition) is 1. The molecule has 19 heavy (non-hydrogen) atoms. The molecular formula is C17H32N2. The molecule has 2 nitrogen and oxygen atoms in total. The van der Waals surface area contributed by atoms with E-state index in [1.165, 1.54) is 77.4 Å². The van der Waals surface area contributed by atoms with Gasteiger partial charge in [0.1, 0.15) is 0 Å². The first-order chi connectivity index (χ1) is 9.36. The van der Waals surface area contributed by atoms with E-state index in [0.29, 0.717) is 0 Å². The second-order valence-electron chi connectivity index (χ2n) is 7.21. The molecule has 2 atom stereocenters. The Kier molecular flexibility index (Phi) is 4.81. The molecule has 2 heteroatoms. The van der Waals surface area contributed by atoms with Crippen LogP contribution in [0.15, 0.2) is 0 Å². The number of piperidine rings is 1. The highest BCUT2D eigenvalue weighted by Crippen LogP contribution is 2.34. The van der Waals surface area contributed by atoms with Crippen molar-refractivity contribution in [3.8, 4) is 0 Å². The molecular weight excluding hydrogens is 232 g/mol. The van der Waals surface area contributed by atoms with Crippen molar-refractivity contribution >= 4 is 0 Å². The van der Waals surface area contributed by atoms with Crippen molar-refractivity contribution < 1.29 is 0 Å². The van der Waals surface area contributed by atoms with Crippen LogP contribution in [0.5, 0.6) is 0 Å². The molecule has 2 aliphatic carbocycles. The van der Waals surface area contributed by atoms with Crippen molar-refractivity contribution in [2.45, 2.75) is 76.8 Å². The third-order valence-electron chi connectivity index (χ3n) is 5.95. The molecule has 1 N–H and O–H groups in total. The lowest BCUT2D eigenvalue weighted by Crippen LogP contribution is -2.53. The molecule has 0 amide bonds. The predicted octanol–water partition coefficient (Wildman–Crippen LogP) is 3.42. The first-order valence-electron chi connectivity index (χ1n) is 8.84. The van der Waals surface area contributed by atoms with Gasteiger partial charge in [-0.3, -0.25) is 4.90 Å². The summed E-state index contributed by atoms with van der Waals surface area (Å²) >= 11 is 0. The van der Waals surface area contributed by atoms with E-state index < -0.39 is 0 Å². The molecule has 0 aromatic carbocycles. The summed E-state index contributed by atoms with van der Waals surface area (Å²) in [5.74, 6) is 2.03. The number of rotatable bonds is 6. The van der Waals surface area contributed by atoms with E-state index in [1.807, 2.05) is 0 Å². The minimum Gasteiger partial charge on any atom is -0.312 e. The van der Waals surface area contributed by atoms with Gasteiger partial charge in [0.15, 0.2) is 0 Å². The monoisotopic (exact) mass is 264 g/mol. The average molecular weight is 264 g/mol. The van der Waals surface area contributed by atoms with Crippen LogP contribution >= 0.6 is 0 Å². The van der Waals surface area contributed by atoms with Crippen molar-refractivity contribution in [2.75, 3.05) is 19.6 Å². The van der Waals surface area contributed by atoms with Gasteiger partial charge in [0.05, 0.1) is 0 Å². The van der Waals surface area contributed by atoms with Crippen molar-refractivity contribution in [3.05, 3.63) is 0 Å². The highest BCUT2D eigenvalue weighted by molar-refractivity contribution is 4.89. The second-order valence-corrected chi connectivity index (χ2v) is 7.21. The van der Waals surface area contributed by atoms with E-state index in [1.54, 1.807) is 0 Å². The SMILES string of the molecule is CCC(C1CCC1)N1CCCC(NCC2CCC2)C1. The zero-order valence-corrected chi connectivity index (χ0v) is 12.7. The Hall–Kier alpha value is -0.0800. The van der Waals surface area contributed by atoms with E-state index in [4.69, 9.17) is 0 Å². The van der Waals surface area contributed by atoms with E-state index in [9.17, 15) is 0 Å². The van der Waals surface area contributed by atoms with E-state index in [-0.39, 0.29) is 0 Å². The van der Waals surface area contributed by atoms with Crippen molar-refractivity contribution in [3.63, 3.8) is 0 Å². The zero-order valence-electron chi connectivity index (χ0n) is 12.7. The lowest BCUT2D eigenvalue weighted by Gasteiger charge is -2.45. The van der Waals surface area contributed by atoms with Crippen LogP contribution in [0.3, 0.4) is 0 Å². The Morgan fingerprint density at radius 1 is 1.05 bits per heavy atom. The highest BCUT2D eigenvalue weighted by atomic mass is 15.2. The zero-order chi connectivity index (χ0) is 13.1. The number of nitrogens with one attached hydrogen (secondary N) is 1. The molecule has 1 heterocycles. The first kappa shape index (κ1) is 13.9. The standard InChI is InChI=1S/C17H32N2/c1-2-17(15-8-4-9-15)19-11-5-10-16(13-19)18-12-14-6-3-7-14/h14-18H,2-13H2,1H3. The number of hydrogen-bond acceptors (Lipinski definition) is 2. The fourth-order valence-electron chi connectivity index (χ4n) is 4.22. The number of nitrogens with zero attached hydrogens (tertiary/aromatic N) is 1. The van der Waals surface area contributed by atoms with Crippen LogP contribution in [-0.4, -0.2) is 36.6 Å². The largest absolute Gasteiger partial charge is 0.312 e. The van der Waals surface area contributed by atoms with Crippen LogP contribution in [0.1, 0.15) is 64.7 Å². The minimum absolute atomic E-state index is 0.781. The molecule has 110 valence electrons. The normalized spacial score (nSPS) is 31.7. The van der Waals surface area contributed by atoms with Gasteiger partial charge in [0.2, 0.25) is 0 Å². The summed E-state index contributed by atoms with van der Waals surface area (Å²) in [5.41, 5.74) is 0. The molecule has 1 aliphatic heterocycles. The fourth-order valence-corrected chi connectivity index (χ4v) is 4.22. The van der Waals surface area contributed by atoms with Crippen LogP contribution in [0.2, 0.25) is 0 Å². The molecule has 2 saturated carbocycles. The van der Waals surface area contributed by atoms with Crippen LogP contribution < -0.4 is 5.32 Å². The van der Waals surface area contributed by atoms with Crippen molar-refractivity contribution in [1.82, 2.24) is 10.2 Å². The summed E-state index contributed by atoms with van der Waals surface area (Å²) in [7, 11) is 0. The Balaban J connectivity index is 1.45. The first-order valence-corrected chi connectivity index (χ1v) is 8.84. The van der Waals surface area contributed by atoms with Gasteiger partial charge in [-0.1, -0.05) is 19.8 Å². The minimum atomic E-state index is 0.781. The highest BCUT2D eigenvalue weighted by Gasteiger charge is 2.33. The Morgan fingerprint density at radius 3 is 2.42 bits per heavy atom. The average Bonchev–Trinajstić information content (AvgIpc) is 2.32. The Labute approximate surface area is 119 Å². The van der Waals surface area contributed by atoms with Crippen LogP contribution in [0.4, 0.5) is 0 Å². The molecule has 2 unspecified atom stereocenters. The molecule has 3 fully saturated rings. The summed E-state index contributed by atoms with van der Waals surface area (Å²) in [6, 6.07) is 1.67. The molecule has 3 aliphatic rings. The van der Waals surface area contributed by atoms with Gasteiger partial charge in [0, 0.05) is 18.6 Å². The molecule has 0 radical (unpaired) electrons. The quantitative estimate of drug-likeness (QED) is 0.791. The topological polar surface area (TPSA) is 15.3 Å². The summed E-state index contributed by atoms with van der Waals surface area (Å²) in [6.07, 6.45) is 13.1. The van der Waals surface area contributed by atoms with Gasteiger partial charge >= 0.3 is 0 Å². The lowest BCUT2D eigenvalue weighted by atomic mass is 9.77. The maximum Gasteiger partial charge on any atom is 0.0195 e. The summed E-state index contributed by atoms with van der Waals surface area (Å²) < 4.78 is 0. The second kappa shape index (κ2) is 6.58. The summed E-state index contributed by atoms with van der Waals surface area (Å²) in [4.78, 5) is 2.83. The lowest BCUT2D eigenvalue weighted by molar-refractivity contribution is 0.0613. The maximum absolute atomic E-state index is 3.87. The third-order valence-corrected chi connectivity index (χ3v) is 5.95. The van der Waals surface area contributed by atoms with Crippen molar-refractivity contribution in [1.29, 1.82) is 0 Å². The van der Waals surface area contributed by atoms with Gasteiger partial charge in [0.25, 0.3) is 0 Å². The van der Waals surface area contributed by atoms with Crippen LogP contribution in [0, 0.1) is 11.8 Å². The van der Waals surface area contributed by atoms with Gasteiger partial charge in [-0.15, -0.1) is 0 Å². The van der Waals surface area contributed by atoms with Gasteiger partial charge in [-0.25, -0.2) is 0 Å². The van der Waals surface area contributed by atoms with Gasteiger partial charge in [-0.2, -0.15) is 0 Å². The van der Waals surface area contributed by atoms with Gasteiger partial charge in [-0.05, 0) is 69.9 Å². The van der Waals surface area contributed by atoms with Crippen LogP contribution in [0.25, 0.3) is 0 Å². The predicted molar refractivity (Wildman–Crippen MR) is 81.4 cm³/mol.